The van der Waals surface area contributed by atoms with Crippen molar-refractivity contribution in [1.82, 2.24) is 4.98 Å². The van der Waals surface area contributed by atoms with E-state index in [1.165, 1.54) is 5.56 Å². The lowest BCUT2D eigenvalue weighted by atomic mass is 10.1. The molecule has 0 fully saturated rings. The van der Waals surface area contributed by atoms with Crippen molar-refractivity contribution in [3.8, 4) is 0 Å². The number of aromatic nitrogens is 1. The largest absolute Gasteiger partial charge is 0.399 e. The summed E-state index contributed by atoms with van der Waals surface area (Å²) in [6, 6.07) is 11.9. The molecule has 1 aliphatic rings. The highest BCUT2D eigenvalue weighted by atomic mass is 14.8. The highest BCUT2D eigenvalue weighted by Gasteiger charge is 2.19. The van der Waals surface area contributed by atoms with Crippen LogP contribution in [0.5, 0.6) is 0 Å². The van der Waals surface area contributed by atoms with E-state index in [4.69, 9.17) is 11.5 Å². The summed E-state index contributed by atoms with van der Waals surface area (Å²) in [6.45, 7) is 6.12. The molecule has 0 aliphatic carbocycles. The predicted molar refractivity (Wildman–Crippen MR) is 90.7 cm³/mol. The highest BCUT2D eigenvalue weighted by Crippen LogP contribution is 2.32. The third-order valence-corrected chi connectivity index (χ3v) is 4.08. The van der Waals surface area contributed by atoms with Gasteiger partial charge >= 0.3 is 0 Å². The van der Waals surface area contributed by atoms with Crippen molar-refractivity contribution >= 4 is 27.9 Å². The minimum Gasteiger partial charge on any atom is -0.399 e. The lowest BCUT2D eigenvalue weighted by molar-refractivity contribution is 1.32. The van der Waals surface area contributed by atoms with Crippen molar-refractivity contribution in [2.45, 2.75) is 6.92 Å². The highest BCUT2D eigenvalue weighted by molar-refractivity contribution is 6.00. The number of nitrogen functional groups attached to an aromatic ring is 2. The molecule has 0 saturated carbocycles. The Bertz CT molecular complexity index is 1070. The van der Waals surface area contributed by atoms with Gasteiger partial charge in [-0.25, -0.2) is 4.99 Å². The van der Waals surface area contributed by atoms with Gasteiger partial charge in [0.25, 0.3) is 0 Å². The zero-order valence-corrected chi connectivity index (χ0v) is 12.3. The average Bonchev–Trinajstić information content (AvgIpc) is 2.96. The van der Waals surface area contributed by atoms with E-state index < -0.39 is 0 Å². The van der Waals surface area contributed by atoms with Crippen molar-refractivity contribution in [2.24, 2.45) is 4.99 Å². The van der Waals surface area contributed by atoms with Gasteiger partial charge < -0.3 is 16.5 Å². The second kappa shape index (κ2) is 4.24. The van der Waals surface area contributed by atoms with Crippen molar-refractivity contribution < 1.29 is 0 Å². The fraction of sp³-hybridized carbons (Fsp3) is 0.0556. The first-order valence-corrected chi connectivity index (χ1v) is 7.10. The van der Waals surface area contributed by atoms with Gasteiger partial charge in [0.2, 0.25) is 0 Å². The van der Waals surface area contributed by atoms with E-state index in [0.29, 0.717) is 11.4 Å². The second-order valence-electron chi connectivity index (χ2n) is 5.67. The fourth-order valence-electron chi connectivity index (χ4n) is 3.01. The third-order valence-electron chi connectivity index (χ3n) is 4.08. The van der Waals surface area contributed by atoms with Gasteiger partial charge in [-0.2, -0.15) is 0 Å². The number of hydrogen-bond donors (Lipinski definition) is 3. The van der Waals surface area contributed by atoms with Gasteiger partial charge in [-0.05, 0) is 37.3 Å². The van der Waals surface area contributed by atoms with Crippen molar-refractivity contribution in [1.29, 1.82) is 0 Å². The first kappa shape index (κ1) is 12.7. The number of aromatic amines is 1. The first-order chi connectivity index (χ1) is 10.5. The molecule has 108 valence electrons. The predicted octanol–water partition coefficient (Wildman–Crippen LogP) is 1.99. The Hall–Kier alpha value is -3.01. The summed E-state index contributed by atoms with van der Waals surface area (Å²) in [5.74, 6) is 0. The average molecular weight is 288 g/mol. The minimum absolute atomic E-state index is 0.701. The monoisotopic (exact) mass is 288 g/mol. The minimum atomic E-state index is 0.701. The molecule has 5 N–H and O–H groups in total. The van der Waals surface area contributed by atoms with Crippen molar-refractivity contribution in [2.75, 3.05) is 11.5 Å². The summed E-state index contributed by atoms with van der Waals surface area (Å²) in [5, 5.41) is 2.87. The van der Waals surface area contributed by atoms with Gasteiger partial charge in [-0.15, -0.1) is 0 Å². The molecule has 22 heavy (non-hydrogen) atoms. The molecule has 0 radical (unpaired) electrons. The number of allylic oxidation sites excluding steroid dienone is 1. The molecule has 3 aromatic rings. The second-order valence-corrected chi connectivity index (χ2v) is 5.67. The van der Waals surface area contributed by atoms with Gasteiger partial charge in [0, 0.05) is 27.4 Å². The molecule has 0 saturated heterocycles. The van der Waals surface area contributed by atoms with Crippen LogP contribution in [0.4, 0.5) is 11.4 Å². The summed E-state index contributed by atoms with van der Waals surface area (Å²) in [6.07, 6.45) is 0. The van der Waals surface area contributed by atoms with E-state index in [9.17, 15) is 0 Å². The first-order valence-electron chi connectivity index (χ1n) is 7.10. The third kappa shape index (κ3) is 1.67. The molecule has 0 atom stereocenters. The van der Waals surface area contributed by atoms with Crippen LogP contribution in [0.1, 0.15) is 11.3 Å². The van der Waals surface area contributed by atoms with Gasteiger partial charge in [0.05, 0.1) is 22.4 Å². The Morgan fingerprint density at radius 1 is 1.09 bits per heavy atom. The number of H-pyrrole nitrogens is 1. The molecule has 0 amide bonds. The molecule has 0 spiro atoms. The Labute approximate surface area is 127 Å². The van der Waals surface area contributed by atoms with Crippen LogP contribution >= 0.6 is 0 Å². The molecule has 1 aromatic heterocycles. The van der Waals surface area contributed by atoms with E-state index >= 15 is 0 Å². The molecule has 4 heteroatoms. The summed E-state index contributed by atoms with van der Waals surface area (Å²) < 4.78 is 0. The zero-order valence-electron chi connectivity index (χ0n) is 12.3. The Kier molecular flexibility index (Phi) is 2.45. The van der Waals surface area contributed by atoms with Crippen molar-refractivity contribution in [3.63, 3.8) is 0 Å². The van der Waals surface area contributed by atoms with Crippen LogP contribution in [0, 0.1) is 6.92 Å². The standard InChI is InChI=1S/C18H16N4/c1-9-3-5-15-13(7-9)17(20)18(22-15)16-10(2)21-14-6-4-11(19)8-12(14)16/h3-8,22H,2,19-20H2,1H3. The maximum atomic E-state index is 6.38. The molecule has 4 rings (SSSR count). The molecule has 0 unspecified atom stereocenters. The van der Waals surface area contributed by atoms with E-state index in [-0.39, 0.29) is 0 Å². The number of benzene rings is 2. The number of nitrogens with two attached hydrogens (primary N) is 2. The number of aryl methyl sites for hydroxylation is 1. The molecule has 0 bridgehead atoms. The van der Waals surface area contributed by atoms with E-state index in [1.54, 1.807) is 0 Å². The molecular weight excluding hydrogens is 272 g/mol. The SMILES string of the molecule is C=C1N=c2ccc(N)cc2=C1c1[nH]c2ccc(C)cc2c1N. The zero-order chi connectivity index (χ0) is 15.4. The lowest BCUT2D eigenvalue weighted by Crippen LogP contribution is -2.23. The van der Waals surface area contributed by atoms with Gasteiger partial charge in [0.1, 0.15) is 0 Å². The Morgan fingerprint density at radius 2 is 1.91 bits per heavy atom. The number of fused-ring (bicyclic) bond motifs is 2. The molecule has 2 aromatic carbocycles. The summed E-state index contributed by atoms with van der Waals surface area (Å²) in [7, 11) is 0. The number of hydrogen-bond acceptors (Lipinski definition) is 3. The normalized spacial score (nSPS) is 13.5. The summed E-state index contributed by atoms with van der Waals surface area (Å²) >= 11 is 0. The van der Waals surface area contributed by atoms with E-state index in [2.05, 4.69) is 35.6 Å². The van der Waals surface area contributed by atoms with E-state index in [0.717, 1.165) is 38.4 Å². The Morgan fingerprint density at radius 3 is 2.73 bits per heavy atom. The number of rotatable bonds is 1. The van der Waals surface area contributed by atoms with Crippen LogP contribution in [0.3, 0.4) is 0 Å². The van der Waals surface area contributed by atoms with Gasteiger partial charge in [-0.1, -0.05) is 18.2 Å². The van der Waals surface area contributed by atoms with Gasteiger partial charge in [0.15, 0.2) is 0 Å². The smallest absolute Gasteiger partial charge is 0.0727 e. The van der Waals surface area contributed by atoms with Crippen LogP contribution in [0.15, 0.2) is 53.7 Å². The number of nitrogens with one attached hydrogen (secondary N) is 1. The maximum Gasteiger partial charge on any atom is 0.0727 e. The summed E-state index contributed by atoms with van der Waals surface area (Å²) in [5.41, 5.74) is 18.4. The maximum absolute atomic E-state index is 6.38. The van der Waals surface area contributed by atoms with Crippen LogP contribution in [-0.2, 0) is 0 Å². The summed E-state index contributed by atoms with van der Waals surface area (Å²) in [4.78, 5) is 7.92. The molecule has 1 aliphatic heterocycles. The number of anilines is 2. The fourth-order valence-corrected chi connectivity index (χ4v) is 3.01. The molecular formula is C18H16N4. The lowest BCUT2D eigenvalue weighted by Gasteiger charge is -2.02. The van der Waals surface area contributed by atoms with Crippen LogP contribution in [0.2, 0.25) is 0 Å². The van der Waals surface area contributed by atoms with Crippen LogP contribution < -0.4 is 22.0 Å². The van der Waals surface area contributed by atoms with Gasteiger partial charge in [-0.3, -0.25) is 0 Å². The van der Waals surface area contributed by atoms with Crippen LogP contribution in [-0.4, -0.2) is 4.98 Å². The van der Waals surface area contributed by atoms with E-state index in [1.807, 2.05) is 24.3 Å². The molecule has 2 heterocycles. The number of nitrogens with zero attached hydrogens (tertiary/aromatic N) is 1. The Balaban J connectivity index is 2.11. The van der Waals surface area contributed by atoms with Crippen LogP contribution in [0.25, 0.3) is 16.5 Å². The quantitative estimate of drug-likeness (QED) is 0.599. The topological polar surface area (TPSA) is 80.2 Å². The molecule has 4 nitrogen and oxygen atoms in total. The van der Waals surface area contributed by atoms with Crippen molar-refractivity contribution in [3.05, 3.63) is 70.5 Å².